The fourth-order valence-electron chi connectivity index (χ4n) is 2.09. The van der Waals surface area contributed by atoms with Crippen molar-refractivity contribution >= 4 is 27.2 Å². The fraction of sp³-hybridized carbons (Fsp3) is 0.909. The number of thiocarbonyl (C=S) groups is 1. The first-order chi connectivity index (χ1) is 7.83. The van der Waals surface area contributed by atoms with E-state index in [1.807, 2.05) is 0 Å². The molecule has 4 nitrogen and oxygen atoms in total. The molecule has 1 aliphatic carbocycles. The minimum absolute atomic E-state index is 0.0273. The zero-order valence-electron chi connectivity index (χ0n) is 10.5. The van der Waals surface area contributed by atoms with E-state index in [2.05, 4.69) is 11.6 Å². The van der Waals surface area contributed by atoms with Crippen LogP contribution in [0.5, 0.6) is 0 Å². The molecule has 0 aromatic heterocycles. The van der Waals surface area contributed by atoms with Crippen molar-refractivity contribution in [1.29, 1.82) is 0 Å². The zero-order chi connectivity index (χ0) is 13.1. The van der Waals surface area contributed by atoms with Gasteiger partial charge in [0, 0.05) is 6.04 Å². The van der Waals surface area contributed by atoms with E-state index in [4.69, 9.17) is 18.0 Å². The summed E-state index contributed by atoms with van der Waals surface area (Å²) in [5.41, 5.74) is 5.39. The third kappa shape index (κ3) is 4.52. The highest BCUT2D eigenvalue weighted by Gasteiger charge is 2.27. The van der Waals surface area contributed by atoms with Crippen LogP contribution in [-0.2, 0) is 10.0 Å². The first kappa shape index (κ1) is 14.9. The van der Waals surface area contributed by atoms with Crippen molar-refractivity contribution in [2.75, 3.05) is 0 Å². The van der Waals surface area contributed by atoms with Crippen molar-refractivity contribution in [2.45, 2.75) is 57.2 Å². The molecule has 0 aliphatic heterocycles. The molecule has 0 radical (unpaired) electrons. The molecule has 3 unspecified atom stereocenters. The highest BCUT2D eigenvalue weighted by molar-refractivity contribution is 7.93. The Morgan fingerprint density at radius 1 is 1.35 bits per heavy atom. The van der Waals surface area contributed by atoms with Gasteiger partial charge >= 0.3 is 0 Å². The maximum atomic E-state index is 12.0. The summed E-state index contributed by atoms with van der Waals surface area (Å²) in [6.07, 6.45) is 5.16. The summed E-state index contributed by atoms with van der Waals surface area (Å²) in [7, 11) is -3.41. The van der Waals surface area contributed by atoms with E-state index in [-0.39, 0.29) is 11.0 Å². The van der Waals surface area contributed by atoms with Gasteiger partial charge in [0.25, 0.3) is 0 Å². The van der Waals surface area contributed by atoms with Gasteiger partial charge in [-0.05, 0) is 32.1 Å². The molecule has 0 amide bonds. The number of hydrogen-bond donors (Lipinski definition) is 2. The fourth-order valence-corrected chi connectivity index (χ4v) is 3.68. The average Bonchev–Trinajstić information content (AvgIpc) is 2.42. The predicted molar refractivity (Wildman–Crippen MR) is 74.3 cm³/mol. The summed E-state index contributed by atoms with van der Waals surface area (Å²) in [6.45, 7) is 3.75. The van der Waals surface area contributed by atoms with Gasteiger partial charge in [-0.3, -0.25) is 0 Å². The highest BCUT2D eigenvalue weighted by atomic mass is 32.2. The van der Waals surface area contributed by atoms with Crippen molar-refractivity contribution < 1.29 is 8.42 Å². The van der Waals surface area contributed by atoms with Gasteiger partial charge in [-0.15, -0.1) is 0 Å². The van der Waals surface area contributed by atoms with Crippen LogP contribution in [0, 0.1) is 5.92 Å². The van der Waals surface area contributed by atoms with Gasteiger partial charge in [-0.25, -0.2) is 13.1 Å². The number of nitrogens with two attached hydrogens (primary N) is 1. The van der Waals surface area contributed by atoms with Crippen LogP contribution in [0.25, 0.3) is 0 Å². The standard InChI is InChI=1S/C11H22N2O2S2/c1-8-4-3-5-10(7-6-8)13-17(14,15)9(2)11(12)16/h8-10,13H,3-7H2,1-2H3,(H2,12,16). The molecule has 3 N–H and O–H groups in total. The molecule has 1 saturated carbocycles. The number of nitrogens with one attached hydrogen (secondary N) is 1. The SMILES string of the molecule is CC1CCCC(NS(=O)(=O)C(C)C(N)=S)CC1. The summed E-state index contributed by atoms with van der Waals surface area (Å²) >= 11 is 4.74. The summed E-state index contributed by atoms with van der Waals surface area (Å²) < 4.78 is 26.7. The lowest BCUT2D eigenvalue weighted by Crippen LogP contribution is -2.44. The molecular weight excluding hydrogens is 256 g/mol. The Balaban J connectivity index is 2.61. The summed E-state index contributed by atoms with van der Waals surface area (Å²) in [5.74, 6) is 0.692. The average molecular weight is 278 g/mol. The number of sulfonamides is 1. The maximum absolute atomic E-state index is 12.0. The zero-order valence-corrected chi connectivity index (χ0v) is 12.1. The lowest BCUT2D eigenvalue weighted by Gasteiger charge is -2.19. The lowest BCUT2D eigenvalue weighted by atomic mass is 10.0. The first-order valence-electron chi connectivity index (χ1n) is 6.13. The van der Waals surface area contributed by atoms with Crippen LogP contribution in [0.2, 0.25) is 0 Å². The van der Waals surface area contributed by atoms with E-state index in [0.717, 1.165) is 25.7 Å². The molecule has 100 valence electrons. The third-order valence-electron chi connectivity index (χ3n) is 3.45. The molecule has 6 heteroatoms. The van der Waals surface area contributed by atoms with Crippen molar-refractivity contribution in [1.82, 2.24) is 4.72 Å². The molecule has 0 saturated heterocycles. The minimum atomic E-state index is -3.41. The van der Waals surface area contributed by atoms with Crippen LogP contribution < -0.4 is 10.5 Å². The van der Waals surface area contributed by atoms with Crippen molar-refractivity contribution in [3.05, 3.63) is 0 Å². The van der Waals surface area contributed by atoms with Gasteiger partial charge in [0.05, 0.1) is 4.99 Å². The summed E-state index contributed by atoms with van der Waals surface area (Å²) in [5, 5.41) is -0.793. The monoisotopic (exact) mass is 278 g/mol. The predicted octanol–water partition coefficient (Wildman–Crippen LogP) is 1.55. The Labute approximate surface area is 109 Å². The Bertz CT molecular complexity index is 368. The normalized spacial score (nSPS) is 28.4. The van der Waals surface area contributed by atoms with Crippen LogP contribution in [0.15, 0.2) is 0 Å². The molecule has 0 bridgehead atoms. The molecule has 0 aromatic carbocycles. The van der Waals surface area contributed by atoms with Gasteiger partial charge in [-0.2, -0.15) is 0 Å². The van der Waals surface area contributed by atoms with Crippen molar-refractivity contribution in [2.24, 2.45) is 11.7 Å². The third-order valence-corrected chi connectivity index (χ3v) is 5.80. The lowest BCUT2D eigenvalue weighted by molar-refractivity contribution is 0.484. The van der Waals surface area contributed by atoms with E-state index in [1.54, 1.807) is 0 Å². The summed E-state index contributed by atoms with van der Waals surface area (Å²) in [6, 6.07) is 0.0433. The van der Waals surface area contributed by atoms with Gasteiger partial charge in [0.2, 0.25) is 10.0 Å². The Morgan fingerprint density at radius 2 is 2.00 bits per heavy atom. The number of rotatable bonds is 4. The van der Waals surface area contributed by atoms with E-state index < -0.39 is 15.3 Å². The molecule has 1 fully saturated rings. The molecule has 0 heterocycles. The van der Waals surface area contributed by atoms with Gasteiger partial charge in [-0.1, -0.05) is 32.0 Å². The number of hydrogen-bond acceptors (Lipinski definition) is 3. The van der Waals surface area contributed by atoms with Gasteiger partial charge in [0.1, 0.15) is 5.25 Å². The molecule has 0 aromatic rings. The molecule has 17 heavy (non-hydrogen) atoms. The van der Waals surface area contributed by atoms with Crippen LogP contribution in [0.4, 0.5) is 0 Å². The van der Waals surface area contributed by atoms with Crippen molar-refractivity contribution in [3.8, 4) is 0 Å². The van der Waals surface area contributed by atoms with Crippen molar-refractivity contribution in [3.63, 3.8) is 0 Å². The molecule has 1 rings (SSSR count). The van der Waals surface area contributed by atoms with Crippen LogP contribution in [0.1, 0.15) is 46.0 Å². The summed E-state index contributed by atoms with van der Waals surface area (Å²) in [4.78, 5) is 0.0273. The highest BCUT2D eigenvalue weighted by Crippen LogP contribution is 2.23. The van der Waals surface area contributed by atoms with E-state index in [1.165, 1.54) is 13.3 Å². The molecule has 1 aliphatic rings. The van der Waals surface area contributed by atoms with E-state index in [9.17, 15) is 8.42 Å². The smallest absolute Gasteiger partial charge is 0.220 e. The second-order valence-corrected chi connectivity index (χ2v) is 7.52. The quantitative estimate of drug-likeness (QED) is 0.604. The second-order valence-electron chi connectivity index (χ2n) is 5.02. The first-order valence-corrected chi connectivity index (χ1v) is 8.09. The minimum Gasteiger partial charge on any atom is -0.392 e. The van der Waals surface area contributed by atoms with Gasteiger partial charge in [0.15, 0.2) is 0 Å². The largest absolute Gasteiger partial charge is 0.392 e. The Hall–Kier alpha value is -0.200. The second kappa shape index (κ2) is 6.11. The topological polar surface area (TPSA) is 72.2 Å². The Kier molecular flexibility index (Phi) is 5.34. The molecular formula is C11H22N2O2S2. The van der Waals surface area contributed by atoms with Crippen LogP contribution >= 0.6 is 12.2 Å². The Morgan fingerprint density at radius 3 is 2.59 bits per heavy atom. The van der Waals surface area contributed by atoms with E-state index >= 15 is 0 Å². The maximum Gasteiger partial charge on any atom is 0.220 e. The molecule has 3 atom stereocenters. The van der Waals surface area contributed by atoms with E-state index in [0.29, 0.717) is 5.92 Å². The van der Waals surface area contributed by atoms with Crippen LogP contribution in [0.3, 0.4) is 0 Å². The van der Waals surface area contributed by atoms with Crippen LogP contribution in [-0.4, -0.2) is 24.7 Å². The molecule has 0 spiro atoms. The van der Waals surface area contributed by atoms with Gasteiger partial charge < -0.3 is 5.73 Å².